The van der Waals surface area contributed by atoms with Gasteiger partial charge in [-0.3, -0.25) is 9.59 Å². The van der Waals surface area contributed by atoms with Gasteiger partial charge in [-0.2, -0.15) is 0 Å². The average molecular weight is 271 g/mol. The molecule has 18 heavy (non-hydrogen) atoms. The Bertz CT molecular complexity index is 460. The van der Waals surface area contributed by atoms with Crippen LogP contribution in [-0.4, -0.2) is 27.5 Å². The van der Waals surface area contributed by atoms with Crippen LogP contribution in [0.4, 0.5) is 0 Å². The number of rotatable bonds is 5. The van der Waals surface area contributed by atoms with Gasteiger partial charge in [-0.15, -0.1) is 0 Å². The number of aliphatic carboxylic acids is 1. The first-order chi connectivity index (χ1) is 8.30. The molecule has 0 fully saturated rings. The molecule has 0 saturated carbocycles. The molecule has 0 aliphatic heterocycles. The number of carbonyl (C=O) groups excluding carboxylic acids is 1. The SMILES string of the molecule is CC(C)(CCC(=O)O)NC(=O)c1cccc(Cl)n1. The maximum atomic E-state index is 11.9. The van der Waals surface area contributed by atoms with Gasteiger partial charge in [0.15, 0.2) is 0 Å². The van der Waals surface area contributed by atoms with Gasteiger partial charge in [-0.25, -0.2) is 4.98 Å². The highest BCUT2D eigenvalue weighted by Crippen LogP contribution is 2.13. The maximum absolute atomic E-state index is 11.9. The number of carbonyl (C=O) groups is 2. The van der Waals surface area contributed by atoms with E-state index in [0.717, 1.165) is 0 Å². The number of aromatic nitrogens is 1. The summed E-state index contributed by atoms with van der Waals surface area (Å²) in [6.07, 6.45) is 0.338. The summed E-state index contributed by atoms with van der Waals surface area (Å²) in [6, 6.07) is 4.76. The summed E-state index contributed by atoms with van der Waals surface area (Å²) in [7, 11) is 0. The summed E-state index contributed by atoms with van der Waals surface area (Å²) in [5.74, 6) is -1.26. The van der Waals surface area contributed by atoms with Crippen LogP contribution in [0.15, 0.2) is 18.2 Å². The van der Waals surface area contributed by atoms with Crippen LogP contribution in [0, 0.1) is 0 Å². The summed E-state index contributed by atoms with van der Waals surface area (Å²) in [6.45, 7) is 3.52. The summed E-state index contributed by atoms with van der Waals surface area (Å²) >= 11 is 5.69. The summed E-state index contributed by atoms with van der Waals surface area (Å²) < 4.78 is 0. The molecule has 0 bridgehead atoms. The maximum Gasteiger partial charge on any atom is 0.303 e. The highest BCUT2D eigenvalue weighted by molar-refractivity contribution is 6.29. The number of amides is 1. The lowest BCUT2D eigenvalue weighted by atomic mass is 9.98. The van der Waals surface area contributed by atoms with Gasteiger partial charge in [0.2, 0.25) is 0 Å². The zero-order chi connectivity index (χ0) is 13.8. The Balaban J connectivity index is 2.66. The van der Waals surface area contributed by atoms with Crippen molar-refractivity contribution in [2.24, 2.45) is 0 Å². The molecule has 0 aromatic carbocycles. The van der Waals surface area contributed by atoms with E-state index in [1.54, 1.807) is 32.0 Å². The number of carboxylic acid groups (broad SMARTS) is 1. The minimum Gasteiger partial charge on any atom is -0.481 e. The topological polar surface area (TPSA) is 79.3 Å². The van der Waals surface area contributed by atoms with Crippen LogP contribution in [0.2, 0.25) is 5.15 Å². The lowest BCUT2D eigenvalue weighted by Gasteiger charge is -2.25. The lowest BCUT2D eigenvalue weighted by Crippen LogP contribution is -2.44. The second kappa shape index (κ2) is 5.82. The van der Waals surface area contributed by atoms with Crippen molar-refractivity contribution in [3.8, 4) is 0 Å². The molecule has 5 nitrogen and oxygen atoms in total. The van der Waals surface area contributed by atoms with Crippen molar-refractivity contribution in [3.05, 3.63) is 29.0 Å². The molecule has 6 heteroatoms. The van der Waals surface area contributed by atoms with E-state index in [4.69, 9.17) is 16.7 Å². The van der Waals surface area contributed by atoms with Gasteiger partial charge in [-0.1, -0.05) is 17.7 Å². The number of carboxylic acids is 1. The van der Waals surface area contributed by atoms with Crippen LogP contribution in [0.1, 0.15) is 37.2 Å². The van der Waals surface area contributed by atoms with E-state index in [1.807, 2.05) is 0 Å². The Morgan fingerprint density at radius 1 is 1.44 bits per heavy atom. The highest BCUT2D eigenvalue weighted by atomic mass is 35.5. The number of nitrogens with zero attached hydrogens (tertiary/aromatic N) is 1. The molecule has 1 rings (SSSR count). The third-order valence-corrected chi connectivity index (χ3v) is 2.57. The monoisotopic (exact) mass is 270 g/mol. The predicted octanol–water partition coefficient (Wildman–Crippen LogP) is 2.11. The molecule has 0 unspecified atom stereocenters. The van der Waals surface area contributed by atoms with E-state index in [-0.39, 0.29) is 23.2 Å². The van der Waals surface area contributed by atoms with Crippen LogP contribution in [-0.2, 0) is 4.79 Å². The number of hydrogen-bond acceptors (Lipinski definition) is 3. The molecule has 1 heterocycles. The normalized spacial score (nSPS) is 11.1. The largest absolute Gasteiger partial charge is 0.481 e. The Morgan fingerprint density at radius 3 is 2.67 bits per heavy atom. The van der Waals surface area contributed by atoms with Gasteiger partial charge in [0.05, 0.1) is 0 Å². The Hall–Kier alpha value is -1.62. The standard InChI is InChI=1S/C12H15ClN2O3/c1-12(2,7-6-10(16)17)15-11(18)8-4-3-5-9(13)14-8/h3-5H,6-7H2,1-2H3,(H,15,18)(H,16,17). The van der Waals surface area contributed by atoms with Crippen LogP contribution in [0.3, 0.4) is 0 Å². The summed E-state index contributed by atoms with van der Waals surface area (Å²) in [5.41, 5.74) is -0.398. The first-order valence-corrected chi connectivity index (χ1v) is 5.85. The van der Waals surface area contributed by atoms with Crippen LogP contribution in [0.5, 0.6) is 0 Å². The molecule has 2 N–H and O–H groups in total. The Labute approximate surface area is 110 Å². The zero-order valence-corrected chi connectivity index (χ0v) is 11.0. The van der Waals surface area contributed by atoms with Gasteiger partial charge in [0.25, 0.3) is 5.91 Å². The third-order valence-electron chi connectivity index (χ3n) is 2.36. The molecule has 1 aromatic rings. The van der Waals surface area contributed by atoms with E-state index in [9.17, 15) is 9.59 Å². The molecule has 1 aromatic heterocycles. The van der Waals surface area contributed by atoms with Crippen molar-refractivity contribution < 1.29 is 14.7 Å². The van der Waals surface area contributed by atoms with Crippen molar-refractivity contribution >= 4 is 23.5 Å². The van der Waals surface area contributed by atoms with E-state index in [2.05, 4.69) is 10.3 Å². The molecule has 0 aliphatic rings. The predicted molar refractivity (Wildman–Crippen MR) is 67.7 cm³/mol. The fourth-order valence-corrected chi connectivity index (χ4v) is 1.55. The molecule has 0 aliphatic carbocycles. The summed E-state index contributed by atoms with van der Waals surface area (Å²) in [4.78, 5) is 26.3. The zero-order valence-electron chi connectivity index (χ0n) is 10.2. The fraction of sp³-hybridized carbons (Fsp3) is 0.417. The minimum absolute atomic E-state index is 0.00372. The average Bonchev–Trinajstić information content (AvgIpc) is 2.26. The van der Waals surface area contributed by atoms with E-state index in [0.29, 0.717) is 6.42 Å². The molecule has 0 radical (unpaired) electrons. The molecular weight excluding hydrogens is 256 g/mol. The van der Waals surface area contributed by atoms with Crippen molar-refractivity contribution in [3.63, 3.8) is 0 Å². The Morgan fingerprint density at radius 2 is 2.11 bits per heavy atom. The lowest BCUT2D eigenvalue weighted by molar-refractivity contribution is -0.137. The summed E-state index contributed by atoms with van der Waals surface area (Å²) in [5, 5.41) is 11.6. The Kier molecular flexibility index (Phi) is 4.67. The number of hydrogen-bond donors (Lipinski definition) is 2. The third kappa shape index (κ3) is 4.71. The second-order valence-electron chi connectivity index (χ2n) is 4.58. The molecule has 1 amide bonds. The van der Waals surface area contributed by atoms with Crippen molar-refractivity contribution in [1.29, 1.82) is 0 Å². The second-order valence-corrected chi connectivity index (χ2v) is 4.96. The molecule has 98 valence electrons. The van der Waals surface area contributed by atoms with Crippen molar-refractivity contribution in [2.45, 2.75) is 32.2 Å². The van der Waals surface area contributed by atoms with E-state index >= 15 is 0 Å². The van der Waals surface area contributed by atoms with E-state index in [1.165, 1.54) is 0 Å². The van der Waals surface area contributed by atoms with Gasteiger partial charge in [-0.05, 0) is 32.4 Å². The van der Waals surface area contributed by atoms with Gasteiger partial charge < -0.3 is 10.4 Å². The van der Waals surface area contributed by atoms with Crippen LogP contribution < -0.4 is 5.32 Å². The molecular formula is C12H15ClN2O3. The molecule has 0 saturated heterocycles. The number of nitrogens with one attached hydrogen (secondary N) is 1. The minimum atomic E-state index is -0.891. The van der Waals surface area contributed by atoms with Gasteiger partial charge >= 0.3 is 5.97 Å². The quantitative estimate of drug-likeness (QED) is 0.803. The van der Waals surface area contributed by atoms with E-state index < -0.39 is 11.5 Å². The first kappa shape index (κ1) is 14.4. The van der Waals surface area contributed by atoms with Crippen molar-refractivity contribution in [2.75, 3.05) is 0 Å². The molecule has 0 spiro atoms. The van der Waals surface area contributed by atoms with Gasteiger partial charge in [0.1, 0.15) is 10.8 Å². The van der Waals surface area contributed by atoms with Crippen LogP contribution in [0.25, 0.3) is 0 Å². The highest BCUT2D eigenvalue weighted by Gasteiger charge is 2.22. The van der Waals surface area contributed by atoms with Crippen molar-refractivity contribution in [1.82, 2.24) is 10.3 Å². The number of halogens is 1. The molecule has 0 atom stereocenters. The smallest absolute Gasteiger partial charge is 0.303 e. The fourth-order valence-electron chi connectivity index (χ4n) is 1.39. The number of pyridine rings is 1. The van der Waals surface area contributed by atoms with Gasteiger partial charge in [0, 0.05) is 12.0 Å². The van der Waals surface area contributed by atoms with Crippen LogP contribution >= 0.6 is 11.6 Å². The first-order valence-electron chi connectivity index (χ1n) is 5.47.